The summed E-state index contributed by atoms with van der Waals surface area (Å²) in [6.07, 6.45) is 2.71. The number of amides is 2. The van der Waals surface area contributed by atoms with Crippen molar-refractivity contribution in [3.05, 3.63) is 52.0 Å². The number of halogens is 1. The lowest BCUT2D eigenvalue weighted by atomic mass is 10.0. The van der Waals surface area contributed by atoms with Crippen LogP contribution in [0.3, 0.4) is 0 Å². The average Bonchev–Trinajstić information content (AvgIpc) is 3.40. The van der Waals surface area contributed by atoms with Crippen LogP contribution >= 0.6 is 11.3 Å². The van der Waals surface area contributed by atoms with Crippen LogP contribution in [-0.4, -0.2) is 47.4 Å². The maximum atomic E-state index is 13.9. The molecule has 1 atom stereocenters. The lowest BCUT2D eigenvalue weighted by molar-refractivity contribution is -0.142. The molecule has 1 fully saturated rings. The Kier molecular flexibility index (Phi) is 5.35. The molecular weight excluding hydrogens is 379 g/mol. The van der Waals surface area contributed by atoms with Gasteiger partial charge in [0.1, 0.15) is 13.2 Å². The highest BCUT2D eigenvalue weighted by Gasteiger charge is 2.37. The number of para-hydroxylation sites is 1. The van der Waals surface area contributed by atoms with Gasteiger partial charge in [-0.25, -0.2) is 4.39 Å². The minimum atomic E-state index is -0.418. The van der Waals surface area contributed by atoms with Gasteiger partial charge < -0.3 is 14.5 Å². The summed E-state index contributed by atoms with van der Waals surface area (Å²) in [5.74, 6) is -0.386. The first-order valence-electron chi connectivity index (χ1n) is 9.55. The largest absolute Gasteiger partial charge is 0.488 e. The number of carbonyl (C=O) groups excluding carboxylic acids is 2. The molecule has 148 valence electrons. The summed E-state index contributed by atoms with van der Waals surface area (Å²) in [5.41, 5.74) is 1.06. The second kappa shape index (κ2) is 7.91. The van der Waals surface area contributed by atoms with Crippen LogP contribution in [0, 0.1) is 5.82 Å². The van der Waals surface area contributed by atoms with E-state index in [1.807, 2.05) is 11.4 Å². The van der Waals surface area contributed by atoms with Gasteiger partial charge >= 0.3 is 0 Å². The second-order valence-electron chi connectivity index (χ2n) is 7.27. The lowest BCUT2D eigenvalue weighted by Gasteiger charge is -2.37. The molecule has 28 heavy (non-hydrogen) atoms. The monoisotopic (exact) mass is 402 g/mol. The molecule has 1 unspecified atom stereocenters. The summed E-state index contributed by atoms with van der Waals surface area (Å²) in [7, 11) is 0. The summed E-state index contributed by atoms with van der Waals surface area (Å²) in [6.45, 7) is 2.36. The van der Waals surface area contributed by atoms with Gasteiger partial charge in [0, 0.05) is 24.4 Å². The summed E-state index contributed by atoms with van der Waals surface area (Å²) in [6, 6.07) is 8.20. The molecule has 0 N–H and O–H groups in total. The molecule has 1 saturated carbocycles. The molecule has 1 aromatic heterocycles. The Morgan fingerprint density at radius 2 is 2.07 bits per heavy atom. The van der Waals surface area contributed by atoms with Crippen molar-refractivity contribution >= 4 is 23.2 Å². The molecule has 1 aliphatic heterocycles. The minimum absolute atomic E-state index is 0.0664. The third-order valence-corrected chi connectivity index (χ3v) is 6.34. The van der Waals surface area contributed by atoms with Crippen molar-refractivity contribution in [2.75, 3.05) is 19.7 Å². The number of ether oxygens (including phenoxy) is 1. The van der Waals surface area contributed by atoms with Gasteiger partial charge in [-0.2, -0.15) is 0 Å². The Bertz CT molecular complexity index is 880. The quantitative estimate of drug-likeness (QED) is 0.744. The van der Waals surface area contributed by atoms with E-state index in [1.165, 1.54) is 17.9 Å². The van der Waals surface area contributed by atoms with Gasteiger partial charge in [0.25, 0.3) is 0 Å². The first-order valence-corrected chi connectivity index (χ1v) is 10.4. The highest BCUT2D eigenvalue weighted by Crippen LogP contribution is 2.35. The third-order valence-electron chi connectivity index (χ3n) is 5.35. The van der Waals surface area contributed by atoms with Gasteiger partial charge in [-0.1, -0.05) is 12.1 Å². The van der Waals surface area contributed by atoms with E-state index in [-0.39, 0.29) is 42.8 Å². The number of hydrogen-bond acceptors (Lipinski definition) is 4. The molecule has 0 radical (unpaired) electrons. The van der Waals surface area contributed by atoms with Crippen molar-refractivity contribution in [2.45, 2.75) is 38.3 Å². The maximum absolute atomic E-state index is 13.9. The summed E-state index contributed by atoms with van der Waals surface area (Å²) < 4.78 is 19.7. The fraction of sp³-hybridized carbons (Fsp3) is 0.429. The van der Waals surface area contributed by atoms with Gasteiger partial charge in [-0.05, 0) is 48.4 Å². The molecule has 7 heteroatoms. The molecule has 0 bridgehead atoms. The van der Waals surface area contributed by atoms with Gasteiger partial charge in [0.05, 0.1) is 6.04 Å². The number of rotatable bonds is 6. The Labute approximate surface area is 167 Å². The summed E-state index contributed by atoms with van der Waals surface area (Å²) in [4.78, 5) is 29.7. The zero-order valence-electron chi connectivity index (χ0n) is 15.8. The van der Waals surface area contributed by atoms with E-state index >= 15 is 0 Å². The molecule has 0 spiro atoms. The van der Waals surface area contributed by atoms with Crippen molar-refractivity contribution in [2.24, 2.45) is 0 Å². The Morgan fingerprint density at radius 3 is 2.79 bits per heavy atom. The van der Waals surface area contributed by atoms with Crippen molar-refractivity contribution in [3.8, 4) is 5.75 Å². The van der Waals surface area contributed by atoms with E-state index < -0.39 is 5.82 Å². The third kappa shape index (κ3) is 3.90. The van der Waals surface area contributed by atoms with Crippen LogP contribution in [0.1, 0.15) is 36.2 Å². The lowest BCUT2D eigenvalue weighted by Crippen LogP contribution is -2.48. The highest BCUT2D eigenvalue weighted by molar-refractivity contribution is 7.10. The zero-order chi connectivity index (χ0) is 19.7. The molecule has 2 aromatic rings. The van der Waals surface area contributed by atoms with E-state index in [9.17, 15) is 14.0 Å². The van der Waals surface area contributed by atoms with E-state index in [2.05, 4.69) is 0 Å². The summed E-state index contributed by atoms with van der Waals surface area (Å²) >= 11 is 1.67. The molecule has 2 aliphatic rings. The first-order chi connectivity index (χ1) is 13.5. The fourth-order valence-corrected chi connectivity index (χ4v) is 4.65. The van der Waals surface area contributed by atoms with Crippen LogP contribution in [0.5, 0.6) is 5.75 Å². The van der Waals surface area contributed by atoms with Crippen LogP contribution in [0.15, 0.2) is 35.7 Å². The first kappa shape index (κ1) is 18.9. The van der Waals surface area contributed by atoms with Crippen LogP contribution in [0.2, 0.25) is 0 Å². The van der Waals surface area contributed by atoms with Crippen LogP contribution in [-0.2, 0) is 16.0 Å². The number of thiophene rings is 1. The topological polar surface area (TPSA) is 49.9 Å². The fourth-order valence-electron chi connectivity index (χ4n) is 3.73. The van der Waals surface area contributed by atoms with E-state index in [0.717, 1.165) is 24.8 Å². The van der Waals surface area contributed by atoms with Crippen molar-refractivity contribution in [3.63, 3.8) is 0 Å². The number of hydrogen-bond donors (Lipinski definition) is 0. The molecule has 0 saturated heterocycles. The normalized spacial score (nSPS) is 18.5. The molecule has 2 heterocycles. The second-order valence-corrected chi connectivity index (χ2v) is 8.27. The molecule has 4 rings (SSSR count). The van der Waals surface area contributed by atoms with Crippen molar-refractivity contribution < 1.29 is 18.7 Å². The predicted molar refractivity (Wildman–Crippen MR) is 105 cm³/mol. The minimum Gasteiger partial charge on any atom is -0.488 e. The molecule has 1 aliphatic carbocycles. The smallest absolute Gasteiger partial charge is 0.242 e. The Hall–Kier alpha value is -2.41. The van der Waals surface area contributed by atoms with Crippen molar-refractivity contribution in [1.82, 2.24) is 9.80 Å². The Balaban J connectivity index is 1.52. The number of benzene rings is 1. The number of carbonyl (C=O) groups is 2. The van der Waals surface area contributed by atoms with Crippen molar-refractivity contribution in [1.29, 1.82) is 0 Å². The molecule has 1 aromatic carbocycles. The van der Waals surface area contributed by atoms with Crippen LogP contribution in [0.4, 0.5) is 4.39 Å². The molecule has 2 amide bonds. The number of fused-ring (bicyclic) bond motifs is 1. The van der Waals surface area contributed by atoms with E-state index in [4.69, 9.17) is 4.74 Å². The van der Waals surface area contributed by atoms with Gasteiger partial charge in [-0.3, -0.25) is 9.59 Å². The number of nitrogens with zero attached hydrogens (tertiary/aromatic N) is 2. The van der Waals surface area contributed by atoms with Crippen LogP contribution in [0.25, 0.3) is 0 Å². The van der Waals surface area contributed by atoms with Gasteiger partial charge in [-0.15, -0.1) is 11.3 Å². The maximum Gasteiger partial charge on any atom is 0.242 e. The standard InChI is InChI=1S/C21H23FN2O3S/c1-14(25)24(15-6-7-15)12-21(26)23-10-8-20-16(9-11-28-20)18(23)13-27-19-5-3-2-4-17(19)22/h2-5,9,11,15,18H,6-8,10,12-13H2,1H3. The SMILES string of the molecule is CC(=O)N(CC(=O)N1CCc2sccc2C1COc1ccccc1F)C1CC1. The predicted octanol–water partition coefficient (Wildman–Crippen LogP) is 3.40. The average molecular weight is 402 g/mol. The van der Waals surface area contributed by atoms with E-state index in [0.29, 0.717) is 6.54 Å². The zero-order valence-corrected chi connectivity index (χ0v) is 16.6. The Morgan fingerprint density at radius 1 is 1.29 bits per heavy atom. The highest BCUT2D eigenvalue weighted by atomic mass is 32.1. The van der Waals surface area contributed by atoms with Gasteiger partial charge in [0.2, 0.25) is 11.8 Å². The molecule has 5 nitrogen and oxygen atoms in total. The molecular formula is C21H23FN2O3S. The van der Waals surface area contributed by atoms with E-state index in [1.54, 1.807) is 39.3 Å². The van der Waals surface area contributed by atoms with Gasteiger partial charge in [0.15, 0.2) is 11.6 Å². The van der Waals surface area contributed by atoms with Crippen LogP contribution < -0.4 is 4.74 Å². The summed E-state index contributed by atoms with van der Waals surface area (Å²) in [5, 5.41) is 2.01.